The van der Waals surface area contributed by atoms with Gasteiger partial charge < -0.3 is 21.2 Å². The molecule has 1 rings (SSSR count). The number of amides is 2. The molecule has 0 aliphatic heterocycles. The monoisotopic (exact) mass is 332 g/mol. The second-order valence-electron chi connectivity index (χ2n) is 4.68. The summed E-state index contributed by atoms with van der Waals surface area (Å²) in [6, 6.07) is 4.42. The summed E-state index contributed by atoms with van der Waals surface area (Å²) in [7, 11) is 0. The van der Waals surface area contributed by atoms with Gasteiger partial charge in [-0.1, -0.05) is 28.4 Å². The van der Waals surface area contributed by atoms with Crippen molar-refractivity contribution in [1.29, 1.82) is 0 Å². The van der Waals surface area contributed by atoms with Crippen LogP contribution in [-0.4, -0.2) is 34.6 Å². The van der Waals surface area contributed by atoms with Crippen LogP contribution in [-0.2, 0) is 0 Å². The van der Waals surface area contributed by atoms with E-state index in [1.54, 1.807) is 23.1 Å². The van der Waals surface area contributed by atoms with Crippen molar-refractivity contribution >= 4 is 40.8 Å². The number of anilines is 1. The minimum absolute atomic E-state index is 0.0607. The fourth-order valence-corrected chi connectivity index (χ4v) is 2.00. The van der Waals surface area contributed by atoms with E-state index in [0.29, 0.717) is 22.3 Å². The van der Waals surface area contributed by atoms with E-state index in [9.17, 15) is 4.79 Å². The number of halogens is 2. The van der Waals surface area contributed by atoms with Crippen molar-refractivity contribution in [2.45, 2.75) is 26.3 Å². The van der Waals surface area contributed by atoms with Gasteiger partial charge in [-0.15, -0.1) is 0 Å². The lowest BCUT2D eigenvalue weighted by Gasteiger charge is -2.27. The average Bonchev–Trinajstić information content (AvgIpc) is 2.42. The number of amidine groups is 1. The van der Waals surface area contributed by atoms with Gasteiger partial charge in [0.05, 0.1) is 10.7 Å². The van der Waals surface area contributed by atoms with Crippen molar-refractivity contribution in [3.8, 4) is 0 Å². The fourth-order valence-electron chi connectivity index (χ4n) is 1.66. The predicted molar refractivity (Wildman–Crippen MR) is 85.3 cm³/mol. The van der Waals surface area contributed by atoms with E-state index in [1.807, 2.05) is 13.8 Å². The zero-order valence-corrected chi connectivity index (χ0v) is 13.3. The maximum Gasteiger partial charge on any atom is 0.322 e. The summed E-state index contributed by atoms with van der Waals surface area (Å²) in [5.74, 6) is 0.0641. The summed E-state index contributed by atoms with van der Waals surface area (Å²) >= 11 is 11.9. The maximum absolute atomic E-state index is 12.3. The number of nitrogens with zero attached hydrogens (tertiary/aromatic N) is 2. The molecule has 116 valence electrons. The van der Waals surface area contributed by atoms with Crippen molar-refractivity contribution in [3.63, 3.8) is 0 Å². The number of carbonyl (C=O) groups excluding carboxylic acids is 1. The Morgan fingerprint density at radius 1 is 1.48 bits per heavy atom. The third-order valence-corrected chi connectivity index (χ3v) is 3.36. The first kappa shape index (κ1) is 17.4. The van der Waals surface area contributed by atoms with Crippen LogP contribution in [0.4, 0.5) is 10.5 Å². The molecule has 2 amide bonds. The maximum atomic E-state index is 12.3. The first-order chi connectivity index (χ1) is 9.85. The van der Waals surface area contributed by atoms with Crippen molar-refractivity contribution in [3.05, 3.63) is 28.2 Å². The van der Waals surface area contributed by atoms with Crippen LogP contribution in [0.5, 0.6) is 0 Å². The van der Waals surface area contributed by atoms with Gasteiger partial charge in [0.15, 0.2) is 0 Å². The highest BCUT2D eigenvalue weighted by Crippen LogP contribution is 2.25. The molecule has 0 aromatic heterocycles. The Labute approximate surface area is 133 Å². The number of carbonyl (C=O) groups is 1. The van der Waals surface area contributed by atoms with Crippen LogP contribution in [0.25, 0.3) is 0 Å². The Balaban J connectivity index is 2.79. The zero-order valence-electron chi connectivity index (χ0n) is 11.8. The molecule has 0 aliphatic rings. The Morgan fingerprint density at radius 2 is 2.14 bits per heavy atom. The standard InChI is InChI=1S/C13H18Cl2N4O2/c1-8(2)19(6-5-12(16)18-21)13(20)17-11-7-9(14)3-4-10(11)15/h3-4,7-8,21H,5-6H2,1-2H3,(H2,16,18)(H,17,20). The number of nitrogens with two attached hydrogens (primary N) is 1. The molecule has 0 atom stereocenters. The van der Waals surface area contributed by atoms with Crippen molar-refractivity contribution in [2.24, 2.45) is 10.9 Å². The second-order valence-corrected chi connectivity index (χ2v) is 5.53. The van der Waals surface area contributed by atoms with Gasteiger partial charge in [-0.3, -0.25) is 0 Å². The molecule has 0 bridgehead atoms. The normalized spacial score (nSPS) is 11.6. The minimum Gasteiger partial charge on any atom is -0.409 e. The van der Waals surface area contributed by atoms with Crippen LogP contribution in [0.3, 0.4) is 0 Å². The molecule has 1 aromatic carbocycles. The number of nitrogens with one attached hydrogen (secondary N) is 1. The highest BCUT2D eigenvalue weighted by atomic mass is 35.5. The molecule has 0 saturated heterocycles. The highest BCUT2D eigenvalue weighted by Gasteiger charge is 2.18. The summed E-state index contributed by atoms with van der Waals surface area (Å²) in [5.41, 5.74) is 5.86. The Kier molecular flexibility index (Phi) is 6.58. The third kappa shape index (κ3) is 5.32. The first-order valence-electron chi connectivity index (χ1n) is 6.34. The summed E-state index contributed by atoms with van der Waals surface area (Å²) in [5, 5.41) is 15.0. The number of hydrogen-bond donors (Lipinski definition) is 3. The molecule has 0 spiro atoms. The van der Waals surface area contributed by atoms with E-state index in [-0.39, 0.29) is 24.3 Å². The Hall–Kier alpha value is -1.66. The quantitative estimate of drug-likeness (QED) is 0.334. The number of oxime groups is 1. The molecule has 0 saturated carbocycles. The number of benzene rings is 1. The van der Waals surface area contributed by atoms with Gasteiger partial charge in [0.25, 0.3) is 0 Å². The van der Waals surface area contributed by atoms with Crippen LogP contribution >= 0.6 is 23.2 Å². The van der Waals surface area contributed by atoms with Gasteiger partial charge >= 0.3 is 6.03 Å². The Bertz CT molecular complexity index is 535. The highest BCUT2D eigenvalue weighted by molar-refractivity contribution is 6.35. The first-order valence-corrected chi connectivity index (χ1v) is 7.09. The van der Waals surface area contributed by atoms with Crippen LogP contribution in [0.1, 0.15) is 20.3 Å². The van der Waals surface area contributed by atoms with Gasteiger partial charge in [0.2, 0.25) is 0 Å². The molecule has 21 heavy (non-hydrogen) atoms. The molecule has 4 N–H and O–H groups in total. The summed E-state index contributed by atoms with van der Waals surface area (Å²) in [6.07, 6.45) is 0.269. The number of rotatable bonds is 5. The molecule has 0 fully saturated rings. The lowest BCUT2D eigenvalue weighted by Crippen LogP contribution is -2.41. The number of urea groups is 1. The van der Waals surface area contributed by atoms with E-state index in [4.69, 9.17) is 34.1 Å². The van der Waals surface area contributed by atoms with Crippen molar-refractivity contribution < 1.29 is 10.0 Å². The molecular formula is C13H18Cl2N4O2. The fraction of sp³-hybridized carbons (Fsp3) is 0.385. The molecule has 0 unspecified atom stereocenters. The van der Waals surface area contributed by atoms with Crippen LogP contribution in [0.15, 0.2) is 23.4 Å². The summed E-state index contributed by atoms with van der Waals surface area (Å²) < 4.78 is 0. The van der Waals surface area contributed by atoms with Crippen molar-refractivity contribution in [2.75, 3.05) is 11.9 Å². The largest absolute Gasteiger partial charge is 0.409 e. The number of hydrogen-bond acceptors (Lipinski definition) is 3. The van der Waals surface area contributed by atoms with Crippen LogP contribution in [0.2, 0.25) is 10.0 Å². The summed E-state index contributed by atoms with van der Waals surface area (Å²) in [4.78, 5) is 13.8. The SMILES string of the molecule is CC(C)N(CCC(N)=NO)C(=O)Nc1cc(Cl)ccc1Cl. The van der Waals surface area contributed by atoms with E-state index >= 15 is 0 Å². The molecule has 1 aromatic rings. The Morgan fingerprint density at radius 3 is 2.71 bits per heavy atom. The lowest BCUT2D eigenvalue weighted by molar-refractivity contribution is 0.198. The van der Waals surface area contributed by atoms with E-state index in [1.165, 1.54) is 0 Å². The summed E-state index contributed by atoms with van der Waals surface area (Å²) in [6.45, 7) is 4.05. The molecule has 0 heterocycles. The smallest absolute Gasteiger partial charge is 0.322 e. The van der Waals surface area contributed by atoms with Gasteiger partial charge in [-0.05, 0) is 32.0 Å². The molecule has 6 nitrogen and oxygen atoms in total. The zero-order chi connectivity index (χ0) is 16.0. The molecule has 0 aliphatic carbocycles. The predicted octanol–water partition coefficient (Wildman–Crippen LogP) is 3.37. The topological polar surface area (TPSA) is 90.9 Å². The van der Waals surface area contributed by atoms with Crippen LogP contribution < -0.4 is 11.1 Å². The third-order valence-electron chi connectivity index (χ3n) is 2.79. The van der Waals surface area contributed by atoms with Gasteiger partial charge in [-0.2, -0.15) is 0 Å². The molecule has 0 radical (unpaired) electrons. The molecule has 8 heteroatoms. The van der Waals surface area contributed by atoms with E-state index in [2.05, 4.69) is 10.5 Å². The average molecular weight is 333 g/mol. The van der Waals surface area contributed by atoms with Gasteiger partial charge in [0.1, 0.15) is 5.84 Å². The van der Waals surface area contributed by atoms with E-state index in [0.717, 1.165) is 0 Å². The van der Waals surface area contributed by atoms with Gasteiger partial charge in [-0.25, -0.2) is 4.79 Å². The molecular weight excluding hydrogens is 315 g/mol. The minimum atomic E-state index is -0.333. The van der Waals surface area contributed by atoms with E-state index < -0.39 is 0 Å². The lowest BCUT2D eigenvalue weighted by atomic mass is 10.2. The van der Waals surface area contributed by atoms with Crippen molar-refractivity contribution in [1.82, 2.24) is 4.90 Å². The van der Waals surface area contributed by atoms with Crippen LogP contribution in [0, 0.1) is 0 Å². The van der Waals surface area contributed by atoms with Gasteiger partial charge in [0, 0.05) is 24.0 Å². The second kappa shape index (κ2) is 7.95.